The van der Waals surface area contributed by atoms with E-state index in [2.05, 4.69) is 28.0 Å². The maximum Gasteiger partial charge on any atom is 0.168 e. The van der Waals surface area contributed by atoms with E-state index < -0.39 is 0 Å². The molecule has 0 atom stereocenters. The molecule has 2 rings (SSSR count). The Bertz CT molecular complexity index is 637. The van der Waals surface area contributed by atoms with Gasteiger partial charge >= 0.3 is 0 Å². The summed E-state index contributed by atoms with van der Waals surface area (Å²) in [5.74, 6) is 0.0525. The molecular formula is C15H16BrClN2O. The zero-order chi connectivity index (χ0) is 14.7. The summed E-state index contributed by atoms with van der Waals surface area (Å²) in [7, 11) is 0. The fraction of sp³-hybridized carbons (Fsp3) is 0.333. The van der Waals surface area contributed by atoms with Crippen LogP contribution in [-0.4, -0.2) is 15.6 Å². The average Bonchev–Trinajstić information content (AvgIpc) is 2.84. The smallest absolute Gasteiger partial charge is 0.168 e. The first-order valence-corrected chi connectivity index (χ1v) is 7.76. The molecular weight excluding hydrogens is 340 g/mol. The summed E-state index contributed by atoms with van der Waals surface area (Å²) >= 11 is 9.35. The fourth-order valence-electron chi connectivity index (χ4n) is 2.04. The number of Topliss-reactive ketones (excluding diaryl/α,β-unsaturated/α-hetero) is 1. The number of aromatic nitrogens is 2. The molecule has 1 heterocycles. The topological polar surface area (TPSA) is 34.9 Å². The Morgan fingerprint density at radius 1 is 1.35 bits per heavy atom. The van der Waals surface area contributed by atoms with Gasteiger partial charge in [-0.25, -0.2) is 0 Å². The minimum absolute atomic E-state index is 0.0525. The zero-order valence-corrected chi connectivity index (χ0v) is 13.8. The van der Waals surface area contributed by atoms with Crippen molar-refractivity contribution in [3.63, 3.8) is 0 Å². The summed E-state index contributed by atoms with van der Waals surface area (Å²) in [6.07, 6.45) is 1.22. The highest BCUT2D eigenvalue weighted by molar-refractivity contribution is 9.10. The molecule has 0 N–H and O–H groups in total. The van der Waals surface area contributed by atoms with E-state index in [1.165, 1.54) is 0 Å². The molecule has 0 spiro atoms. The van der Waals surface area contributed by atoms with Crippen LogP contribution >= 0.6 is 27.5 Å². The second-order valence-corrected chi connectivity index (χ2v) is 5.79. The number of nitrogens with zero attached hydrogens (tertiary/aromatic N) is 2. The molecule has 3 nitrogen and oxygen atoms in total. The molecule has 20 heavy (non-hydrogen) atoms. The predicted octanol–water partition coefficient (Wildman–Crippen LogP) is 4.31. The van der Waals surface area contributed by atoms with Gasteiger partial charge in [-0.1, -0.05) is 24.6 Å². The monoisotopic (exact) mass is 354 g/mol. The number of carbonyl (C=O) groups is 1. The SMILES string of the molecule is CCc1cc(CC(=O)c2ccc(Br)c(Cl)c2)n(CC)n1. The lowest BCUT2D eigenvalue weighted by molar-refractivity contribution is 0.0990. The molecule has 0 amide bonds. The summed E-state index contributed by atoms with van der Waals surface area (Å²) in [4.78, 5) is 12.3. The number of halogens is 2. The molecule has 0 saturated carbocycles. The minimum Gasteiger partial charge on any atom is -0.294 e. The fourth-order valence-corrected chi connectivity index (χ4v) is 2.47. The van der Waals surface area contributed by atoms with E-state index in [1.807, 2.05) is 17.7 Å². The highest BCUT2D eigenvalue weighted by Crippen LogP contribution is 2.24. The van der Waals surface area contributed by atoms with Gasteiger partial charge in [0.15, 0.2) is 5.78 Å². The van der Waals surface area contributed by atoms with E-state index in [-0.39, 0.29) is 5.78 Å². The summed E-state index contributed by atoms with van der Waals surface area (Å²) in [5, 5.41) is 5.01. The van der Waals surface area contributed by atoms with Gasteiger partial charge in [-0.2, -0.15) is 5.10 Å². The van der Waals surface area contributed by atoms with E-state index in [4.69, 9.17) is 11.6 Å². The van der Waals surface area contributed by atoms with Crippen molar-refractivity contribution in [1.82, 2.24) is 9.78 Å². The van der Waals surface area contributed by atoms with Crippen molar-refractivity contribution in [2.24, 2.45) is 0 Å². The van der Waals surface area contributed by atoms with Crippen molar-refractivity contribution < 1.29 is 4.79 Å². The van der Waals surface area contributed by atoms with Gasteiger partial charge in [0.2, 0.25) is 0 Å². The van der Waals surface area contributed by atoms with Gasteiger partial charge in [-0.3, -0.25) is 9.48 Å². The second kappa shape index (κ2) is 6.55. The molecule has 1 aromatic carbocycles. The van der Waals surface area contributed by atoms with E-state index in [9.17, 15) is 4.79 Å². The molecule has 2 aromatic rings. The third kappa shape index (κ3) is 3.30. The van der Waals surface area contributed by atoms with Gasteiger partial charge in [0.25, 0.3) is 0 Å². The lowest BCUT2D eigenvalue weighted by Crippen LogP contribution is -2.09. The summed E-state index contributed by atoms with van der Waals surface area (Å²) in [6, 6.07) is 7.28. The van der Waals surface area contributed by atoms with Crippen molar-refractivity contribution in [3.8, 4) is 0 Å². The molecule has 0 aliphatic rings. The number of ketones is 1. The predicted molar refractivity (Wildman–Crippen MR) is 84.5 cm³/mol. The number of aryl methyl sites for hydroxylation is 2. The minimum atomic E-state index is 0.0525. The van der Waals surface area contributed by atoms with E-state index in [1.54, 1.807) is 18.2 Å². The summed E-state index contributed by atoms with van der Waals surface area (Å²) in [6.45, 7) is 4.85. The quantitative estimate of drug-likeness (QED) is 0.749. The standard InChI is InChI=1S/C15H16BrClN2O/c1-3-11-8-12(19(4-2)18-11)9-15(20)10-5-6-13(16)14(17)7-10/h5-8H,3-4,9H2,1-2H3. The number of rotatable bonds is 5. The molecule has 0 radical (unpaired) electrons. The van der Waals surface area contributed by atoms with Crippen molar-refractivity contribution in [3.05, 3.63) is 50.7 Å². The molecule has 0 saturated heterocycles. The van der Waals surface area contributed by atoms with E-state index in [0.717, 1.165) is 28.8 Å². The highest BCUT2D eigenvalue weighted by atomic mass is 79.9. The first-order chi connectivity index (χ1) is 9.55. The Morgan fingerprint density at radius 2 is 2.10 bits per heavy atom. The maximum absolute atomic E-state index is 12.3. The molecule has 0 bridgehead atoms. The molecule has 0 unspecified atom stereocenters. The van der Waals surface area contributed by atoms with Crippen molar-refractivity contribution >= 4 is 33.3 Å². The molecule has 1 aromatic heterocycles. The van der Waals surface area contributed by atoms with Crippen molar-refractivity contribution in [2.75, 3.05) is 0 Å². The van der Waals surface area contributed by atoms with Crippen molar-refractivity contribution in [1.29, 1.82) is 0 Å². The van der Waals surface area contributed by atoms with Crippen LogP contribution in [0.2, 0.25) is 5.02 Å². The van der Waals surface area contributed by atoms with Gasteiger partial charge in [-0.15, -0.1) is 0 Å². The number of benzene rings is 1. The van der Waals surface area contributed by atoms with Crippen LogP contribution in [0.25, 0.3) is 0 Å². The largest absolute Gasteiger partial charge is 0.294 e. The molecule has 0 aliphatic carbocycles. The lowest BCUT2D eigenvalue weighted by Gasteiger charge is -2.05. The van der Waals surface area contributed by atoms with Crippen LogP contribution < -0.4 is 0 Å². The van der Waals surface area contributed by atoms with Gasteiger partial charge < -0.3 is 0 Å². The third-order valence-corrected chi connectivity index (χ3v) is 4.39. The van der Waals surface area contributed by atoms with Crippen LogP contribution in [0.5, 0.6) is 0 Å². The summed E-state index contributed by atoms with van der Waals surface area (Å²) < 4.78 is 2.68. The third-order valence-electron chi connectivity index (χ3n) is 3.16. The number of carbonyl (C=O) groups excluding carboxylic acids is 1. The number of hydrogen-bond donors (Lipinski definition) is 0. The van der Waals surface area contributed by atoms with Gasteiger partial charge in [0.1, 0.15) is 0 Å². The Balaban J connectivity index is 2.22. The van der Waals surface area contributed by atoms with Gasteiger partial charge in [0, 0.05) is 22.3 Å². The lowest BCUT2D eigenvalue weighted by atomic mass is 10.1. The van der Waals surface area contributed by atoms with Crippen LogP contribution in [0.4, 0.5) is 0 Å². The first kappa shape index (κ1) is 15.3. The van der Waals surface area contributed by atoms with Gasteiger partial charge in [0.05, 0.1) is 17.1 Å². The highest BCUT2D eigenvalue weighted by Gasteiger charge is 2.13. The Labute approximate surface area is 132 Å². The Kier molecular flexibility index (Phi) is 5.00. The van der Waals surface area contributed by atoms with Crippen LogP contribution in [0.15, 0.2) is 28.7 Å². The van der Waals surface area contributed by atoms with Crippen molar-refractivity contribution in [2.45, 2.75) is 33.2 Å². The summed E-state index contributed by atoms with van der Waals surface area (Å²) in [5.41, 5.74) is 2.59. The van der Waals surface area contributed by atoms with E-state index >= 15 is 0 Å². The normalized spacial score (nSPS) is 10.8. The van der Waals surface area contributed by atoms with Crippen LogP contribution in [0.3, 0.4) is 0 Å². The zero-order valence-electron chi connectivity index (χ0n) is 11.5. The molecule has 0 fully saturated rings. The molecule has 5 heteroatoms. The Morgan fingerprint density at radius 3 is 2.70 bits per heavy atom. The molecule has 0 aliphatic heterocycles. The van der Waals surface area contributed by atoms with Crippen LogP contribution in [0.1, 0.15) is 35.6 Å². The first-order valence-electron chi connectivity index (χ1n) is 6.59. The number of hydrogen-bond acceptors (Lipinski definition) is 2. The van der Waals surface area contributed by atoms with E-state index in [0.29, 0.717) is 17.0 Å². The maximum atomic E-state index is 12.3. The Hall–Kier alpha value is -1.13. The van der Waals surface area contributed by atoms with Gasteiger partial charge in [-0.05, 0) is 47.5 Å². The second-order valence-electron chi connectivity index (χ2n) is 4.53. The average molecular weight is 356 g/mol. The van der Waals surface area contributed by atoms with Crippen LogP contribution in [0, 0.1) is 0 Å². The van der Waals surface area contributed by atoms with Crippen LogP contribution in [-0.2, 0) is 19.4 Å². The molecule has 106 valence electrons.